The molecule has 2 fully saturated rings. The highest BCUT2D eigenvalue weighted by molar-refractivity contribution is 7.88. The summed E-state index contributed by atoms with van der Waals surface area (Å²) in [7, 11) is -2.98. The van der Waals surface area contributed by atoms with E-state index in [0.717, 1.165) is 12.3 Å². The molecule has 3 atom stereocenters. The summed E-state index contributed by atoms with van der Waals surface area (Å²) >= 11 is 0. The van der Waals surface area contributed by atoms with Gasteiger partial charge in [-0.05, 0) is 31.1 Å². The Morgan fingerprint density at radius 1 is 1.25 bits per heavy atom. The molecule has 12 heavy (non-hydrogen) atoms. The molecule has 0 saturated heterocycles. The summed E-state index contributed by atoms with van der Waals surface area (Å²) in [6, 6.07) is 0.249. The fraction of sp³-hybridized carbons (Fsp3) is 1.00. The van der Waals surface area contributed by atoms with E-state index < -0.39 is 10.0 Å². The monoisotopic (exact) mass is 189 g/mol. The van der Waals surface area contributed by atoms with Crippen LogP contribution in [-0.4, -0.2) is 20.7 Å². The molecule has 0 aliphatic heterocycles. The lowest BCUT2D eigenvalue weighted by molar-refractivity contribution is 0.391. The van der Waals surface area contributed by atoms with E-state index in [1.165, 1.54) is 25.5 Å². The van der Waals surface area contributed by atoms with Crippen molar-refractivity contribution in [3.05, 3.63) is 0 Å². The van der Waals surface area contributed by atoms with E-state index in [1.807, 2.05) is 0 Å². The lowest BCUT2D eigenvalue weighted by Gasteiger charge is -2.21. The number of rotatable bonds is 2. The molecule has 0 heterocycles. The lowest BCUT2D eigenvalue weighted by atomic mass is 9.96. The van der Waals surface area contributed by atoms with Crippen LogP contribution < -0.4 is 4.72 Å². The average molecular weight is 189 g/mol. The number of sulfonamides is 1. The molecule has 2 bridgehead atoms. The van der Waals surface area contributed by atoms with Crippen LogP contribution in [0.1, 0.15) is 25.7 Å². The van der Waals surface area contributed by atoms with Gasteiger partial charge in [0.15, 0.2) is 0 Å². The summed E-state index contributed by atoms with van der Waals surface area (Å²) in [5.41, 5.74) is 0. The minimum absolute atomic E-state index is 0.249. The fourth-order valence-electron chi connectivity index (χ4n) is 2.66. The van der Waals surface area contributed by atoms with E-state index >= 15 is 0 Å². The largest absolute Gasteiger partial charge is 0.213 e. The molecule has 70 valence electrons. The van der Waals surface area contributed by atoms with Gasteiger partial charge in [0.1, 0.15) is 0 Å². The van der Waals surface area contributed by atoms with Gasteiger partial charge in [0, 0.05) is 6.04 Å². The van der Waals surface area contributed by atoms with Gasteiger partial charge in [-0.3, -0.25) is 0 Å². The predicted octanol–water partition coefficient (Wildman–Crippen LogP) is 0.724. The molecule has 1 N–H and O–H groups in total. The van der Waals surface area contributed by atoms with E-state index in [2.05, 4.69) is 4.72 Å². The normalized spacial score (nSPS) is 40.6. The zero-order valence-electron chi connectivity index (χ0n) is 7.29. The summed E-state index contributed by atoms with van der Waals surface area (Å²) in [6.45, 7) is 0. The van der Waals surface area contributed by atoms with E-state index in [-0.39, 0.29) is 6.04 Å². The molecule has 2 saturated carbocycles. The molecule has 0 aromatic rings. The van der Waals surface area contributed by atoms with Gasteiger partial charge in [-0.15, -0.1) is 0 Å². The van der Waals surface area contributed by atoms with Crippen LogP contribution in [0.15, 0.2) is 0 Å². The van der Waals surface area contributed by atoms with E-state index in [1.54, 1.807) is 0 Å². The zero-order valence-corrected chi connectivity index (χ0v) is 8.10. The van der Waals surface area contributed by atoms with E-state index in [4.69, 9.17) is 0 Å². The van der Waals surface area contributed by atoms with Crippen molar-refractivity contribution in [2.45, 2.75) is 31.7 Å². The van der Waals surface area contributed by atoms with Crippen molar-refractivity contribution < 1.29 is 8.42 Å². The van der Waals surface area contributed by atoms with Gasteiger partial charge in [0.25, 0.3) is 0 Å². The zero-order chi connectivity index (χ0) is 8.77. The molecule has 0 radical (unpaired) electrons. The van der Waals surface area contributed by atoms with Gasteiger partial charge in [0.2, 0.25) is 10.0 Å². The highest BCUT2D eigenvalue weighted by Gasteiger charge is 2.40. The second-order valence-electron chi connectivity index (χ2n) is 4.17. The molecular formula is C8H15NO2S. The van der Waals surface area contributed by atoms with Crippen molar-refractivity contribution in [1.29, 1.82) is 0 Å². The van der Waals surface area contributed by atoms with Gasteiger partial charge in [-0.25, -0.2) is 13.1 Å². The van der Waals surface area contributed by atoms with Crippen LogP contribution in [0.4, 0.5) is 0 Å². The minimum atomic E-state index is -2.98. The Balaban J connectivity index is 2.00. The Kier molecular flexibility index (Phi) is 1.92. The number of fused-ring (bicyclic) bond motifs is 2. The maximum absolute atomic E-state index is 11.0. The van der Waals surface area contributed by atoms with Crippen LogP contribution in [0.3, 0.4) is 0 Å². The first-order chi connectivity index (χ1) is 5.54. The first-order valence-corrected chi connectivity index (χ1v) is 6.41. The van der Waals surface area contributed by atoms with Gasteiger partial charge >= 0.3 is 0 Å². The molecular weight excluding hydrogens is 174 g/mol. The summed E-state index contributed by atoms with van der Waals surface area (Å²) < 4.78 is 24.6. The fourth-order valence-corrected chi connectivity index (χ4v) is 3.50. The molecule has 0 unspecified atom stereocenters. The first kappa shape index (κ1) is 8.51. The maximum atomic E-state index is 11.0. The Hall–Kier alpha value is -0.0900. The Bertz CT molecular complexity index is 273. The first-order valence-electron chi connectivity index (χ1n) is 4.52. The minimum Gasteiger partial charge on any atom is -0.213 e. The quantitative estimate of drug-likeness (QED) is 0.696. The van der Waals surface area contributed by atoms with Crippen LogP contribution in [0, 0.1) is 11.8 Å². The summed E-state index contributed by atoms with van der Waals surface area (Å²) in [5, 5.41) is 0. The maximum Gasteiger partial charge on any atom is 0.208 e. The van der Waals surface area contributed by atoms with Crippen molar-refractivity contribution in [3.8, 4) is 0 Å². The SMILES string of the molecule is CS(=O)(=O)N[C@@H]1C[C@H]2CC[C@H]1C2. The van der Waals surface area contributed by atoms with Gasteiger partial charge in [-0.1, -0.05) is 6.42 Å². The molecule has 3 nitrogen and oxygen atoms in total. The number of hydrogen-bond acceptors (Lipinski definition) is 2. The highest BCUT2D eigenvalue weighted by Crippen LogP contribution is 2.44. The van der Waals surface area contributed by atoms with Crippen LogP contribution in [0.5, 0.6) is 0 Å². The Morgan fingerprint density at radius 2 is 2.00 bits per heavy atom. The van der Waals surface area contributed by atoms with Crippen LogP contribution in [0.2, 0.25) is 0 Å². The lowest BCUT2D eigenvalue weighted by Crippen LogP contribution is -2.37. The van der Waals surface area contributed by atoms with Crippen molar-refractivity contribution >= 4 is 10.0 Å². The topological polar surface area (TPSA) is 46.2 Å². The van der Waals surface area contributed by atoms with Crippen molar-refractivity contribution in [1.82, 2.24) is 4.72 Å². The van der Waals surface area contributed by atoms with E-state index in [9.17, 15) is 8.42 Å². The van der Waals surface area contributed by atoms with Crippen LogP contribution in [-0.2, 0) is 10.0 Å². The molecule has 2 aliphatic carbocycles. The van der Waals surface area contributed by atoms with Gasteiger partial charge in [-0.2, -0.15) is 0 Å². The smallest absolute Gasteiger partial charge is 0.208 e. The average Bonchev–Trinajstić information content (AvgIpc) is 2.42. The van der Waals surface area contributed by atoms with Crippen molar-refractivity contribution in [3.63, 3.8) is 0 Å². The summed E-state index contributed by atoms with van der Waals surface area (Å²) in [5.74, 6) is 1.43. The molecule has 4 heteroatoms. The third-order valence-electron chi connectivity index (χ3n) is 3.10. The molecule has 2 aliphatic rings. The molecule has 2 rings (SSSR count). The standard InChI is InChI=1S/C8H15NO2S/c1-12(10,11)9-8-5-6-2-3-7(8)4-6/h6-9H,2-5H2,1H3/t6-,7-,8+/m0/s1. The summed E-state index contributed by atoms with van der Waals surface area (Å²) in [4.78, 5) is 0. The third-order valence-corrected chi connectivity index (χ3v) is 3.83. The van der Waals surface area contributed by atoms with Gasteiger partial charge < -0.3 is 0 Å². The summed E-state index contributed by atoms with van der Waals surface area (Å²) in [6.07, 6.45) is 6.09. The second kappa shape index (κ2) is 2.70. The third kappa shape index (κ3) is 1.64. The van der Waals surface area contributed by atoms with Crippen molar-refractivity contribution in [2.75, 3.05) is 6.26 Å². The molecule has 0 amide bonds. The predicted molar refractivity (Wildman–Crippen MR) is 47.2 cm³/mol. The van der Waals surface area contributed by atoms with E-state index in [0.29, 0.717) is 5.92 Å². The number of hydrogen-bond donors (Lipinski definition) is 1. The van der Waals surface area contributed by atoms with Crippen LogP contribution >= 0.6 is 0 Å². The molecule has 0 spiro atoms. The number of nitrogens with one attached hydrogen (secondary N) is 1. The van der Waals surface area contributed by atoms with Gasteiger partial charge in [0.05, 0.1) is 6.26 Å². The Morgan fingerprint density at radius 3 is 2.42 bits per heavy atom. The molecule has 0 aromatic carbocycles. The highest BCUT2D eigenvalue weighted by atomic mass is 32.2. The second-order valence-corrected chi connectivity index (χ2v) is 5.95. The Labute approximate surface area is 73.6 Å². The van der Waals surface area contributed by atoms with Crippen LogP contribution in [0.25, 0.3) is 0 Å². The molecule has 0 aromatic heterocycles. The van der Waals surface area contributed by atoms with Crippen molar-refractivity contribution in [2.24, 2.45) is 11.8 Å².